The Morgan fingerprint density at radius 2 is 2.31 bits per heavy atom. The quantitative estimate of drug-likeness (QED) is 0.812. The molecule has 16 heavy (non-hydrogen) atoms. The summed E-state index contributed by atoms with van der Waals surface area (Å²) < 4.78 is 18.8. The van der Waals surface area contributed by atoms with E-state index in [2.05, 4.69) is 27.8 Å². The maximum atomic E-state index is 12.9. The minimum absolute atomic E-state index is 0.293. The van der Waals surface area contributed by atoms with Gasteiger partial charge in [-0.25, -0.2) is 4.39 Å². The molecule has 1 aromatic rings. The van der Waals surface area contributed by atoms with E-state index >= 15 is 0 Å². The summed E-state index contributed by atoms with van der Waals surface area (Å²) in [4.78, 5) is 0. The van der Waals surface area contributed by atoms with Crippen molar-refractivity contribution in [1.82, 2.24) is 5.32 Å². The minimum atomic E-state index is -0.293. The number of likely N-dealkylation sites (N-methyl/N-ethyl adjacent to an activating group) is 1. The van der Waals surface area contributed by atoms with Gasteiger partial charge in [0, 0.05) is 6.54 Å². The Morgan fingerprint density at radius 1 is 1.56 bits per heavy atom. The number of nitrogens with one attached hydrogen (secondary N) is 1. The van der Waals surface area contributed by atoms with Gasteiger partial charge < -0.3 is 10.1 Å². The summed E-state index contributed by atoms with van der Waals surface area (Å²) in [5, 5.41) is 3.16. The number of rotatable bonds is 6. The van der Waals surface area contributed by atoms with Gasteiger partial charge in [-0.3, -0.25) is 0 Å². The molecule has 0 saturated heterocycles. The topological polar surface area (TPSA) is 21.3 Å². The molecule has 0 heterocycles. The lowest BCUT2D eigenvalue weighted by atomic mass is 10.3. The molecule has 0 amide bonds. The predicted molar refractivity (Wildman–Crippen MR) is 67.3 cm³/mol. The number of benzene rings is 1. The van der Waals surface area contributed by atoms with Crippen molar-refractivity contribution < 1.29 is 9.13 Å². The summed E-state index contributed by atoms with van der Waals surface area (Å²) in [5.41, 5.74) is 0.960. The lowest BCUT2D eigenvalue weighted by molar-refractivity contribution is 0.347. The van der Waals surface area contributed by atoms with E-state index in [1.54, 1.807) is 12.1 Å². The molecule has 1 rings (SSSR count). The molecule has 88 valence electrons. The minimum Gasteiger partial charge on any atom is -0.489 e. The smallest absolute Gasteiger partial charge is 0.137 e. The average Bonchev–Trinajstić information content (AvgIpc) is 2.28. The van der Waals surface area contributed by atoms with Gasteiger partial charge in [-0.05, 0) is 46.2 Å². The molecular weight excluding hydrogens is 273 g/mol. The van der Waals surface area contributed by atoms with Gasteiger partial charge in [0.1, 0.15) is 18.2 Å². The van der Waals surface area contributed by atoms with Crippen LogP contribution in [0.25, 0.3) is 0 Å². The van der Waals surface area contributed by atoms with Gasteiger partial charge in [-0.15, -0.1) is 0 Å². The molecule has 1 aromatic carbocycles. The summed E-state index contributed by atoms with van der Waals surface area (Å²) in [6.45, 7) is 7.98. The van der Waals surface area contributed by atoms with Crippen LogP contribution in [-0.4, -0.2) is 19.7 Å². The predicted octanol–water partition coefficient (Wildman–Crippen LogP) is 3.13. The number of ether oxygens (including phenoxy) is 1. The first-order valence-electron chi connectivity index (χ1n) is 5.08. The first-order chi connectivity index (χ1) is 7.63. The van der Waals surface area contributed by atoms with E-state index in [0.29, 0.717) is 16.8 Å². The van der Waals surface area contributed by atoms with Crippen LogP contribution in [-0.2, 0) is 0 Å². The van der Waals surface area contributed by atoms with Crippen molar-refractivity contribution in [3.05, 3.63) is 40.6 Å². The van der Waals surface area contributed by atoms with Gasteiger partial charge >= 0.3 is 0 Å². The molecule has 0 unspecified atom stereocenters. The van der Waals surface area contributed by atoms with Crippen molar-refractivity contribution in [3.63, 3.8) is 0 Å². The second-order valence-corrected chi connectivity index (χ2v) is 4.25. The highest BCUT2D eigenvalue weighted by atomic mass is 79.9. The van der Waals surface area contributed by atoms with Gasteiger partial charge in [0.15, 0.2) is 0 Å². The van der Waals surface area contributed by atoms with Crippen LogP contribution in [0, 0.1) is 5.82 Å². The molecule has 0 fully saturated rings. The molecule has 0 saturated carbocycles. The van der Waals surface area contributed by atoms with Crippen LogP contribution >= 0.6 is 15.9 Å². The van der Waals surface area contributed by atoms with Crippen molar-refractivity contribution >= 4 is 15.9 Å². The van der Waals surface area contributed by atoms with Crippen LogP contribution in [0.2, 0.25) is 0 Å². The first-order valence-corrected chi connectivity index (χ1v) is 5.88. The van der Waals surface area contributed by atoms with E-state index < -0.39 is 0 Å². The third kappa shape index (κ3) is 4.33. The summed E-state index contributed by atoms with van der Waals surface area (Å²) in [6, 6.07) is 4.57. The first kappa shape index (κ1) is 13.2. The largest absolute Gasteiger partial charge is 0.489 e. The Hall–Kier alpha value is -0.870. The van der Waals surface area contributed by atoms with Crippen LogP contribution < -0.4 is 10.1 Å². The van der Waals surface area contributed by atoms with Gasteiger partial charge in [-0.1, -0.05) is 13.5 Å². The molecule has 0 aromatic heterocycles. The van der Waals surface area contributed by atoms with E-state index in [0.717, 1.165) is 18.7 Å². The van der Waals surface area contributed by atoms with Crippen LogP contribution in [0.1, 0.15) is 6.92 Å². The van der Waals surface area contributed by atoms with Gasteiger partial charge in [0.25, 0.3) is 0 Å². The number of halogens is 2. The van der Waals surface area contributed by atoms with E-state index in [9.17, 15) is 4.39 Å². The molecule has 0 aliphatic heterocycles. The fourth-order valence-corrected chi connectivity index (χ4v) is 1.46. The van der Waals surface area contributed by atoms with E-state index in [1.807, 2.05) is 6.92 Å². The zero-order valence-corrected chi connectivity index (χ0v) is 10.8. The molecule has 1 N–H and O–H groups in total. The third-order valence-corrected chi connectivity index (χ3v) is 2.57. The second-order valence-electron chi connectivity index (χ2n) is 3.39. The van der Waals surface area contributed by atoms with Crippen molar-refractivity contribution in [2.75, 3.05) is 19.7 Å². The van der Waals surface area contributed by atoms with Gasteiger partial charge in [0.05, 0.1) is 4.47 Å². The lowest BCUT2D eigenvalue weighted by Crippen LogP contribution is -2.18. The molecule has 0 aliphatic carbocycles. The summed E-state index contributed by atoms with van der Waals surface area (Å²) in [7, 11) is 0. The highest BCUT2D eigenvalue weighted by Gasteiger charge is 2.01. The Balaban J connectivity index is 2.42. The molecule has 4 heteroatoms. The summed E-state index contributed by atoms with van der Waals surface area (Å²) in [6.07, 6.45) is 0. The normalized spacial score (nSPS) is 10.2. The lowest BCUT2D eigenvalue weighted by Gasteiger charge is -2.09. The maximum absolute atomic E-state index is 12.9. The standard InChI is InChI=1S/C12H15BrFNO/c1-3-15-7-9(2)8-16-10-4-5-12(14)11(13)6-10/h4-6,15H,2-3,7-8H2,1H3. The van der Waals surface area contributed by atoms with Crippen LogP contribution in [0.4, 0.5) is 4.39 Å². The monoisotopic (exact) mass is 287 g/mol. The fraction of sp³-hybridized carbons (Fsp3) is 0.333. The van der Waals surface area contributed by atoms with Crippen molar-refractivity contribution in [3.8, 4) is 5.75 Å². The van der Waals surface area contributed by atoms with Crippen LogP contribution in [0.5, 0.6) is 5.75 Å². The zero-order valence-electron chi connectivity index (χ0n) is 9.22. The molecular formula is C12H15BrFNO. The van der Waals surface area contributed by atoms with E-state index in [4.69, 9.17) is 4.74 Å². The number of hydrogen-bond donors (Lipinski definition) is 1. The van der Waals surface area contributed by atoms with Crippen molar-refractivity contribution in [2.24, 2.45) is 0 Å². The number of hydrogen-bond acceptors (Lipinski definition) is 2. The van der Waals surface area contributed by atoms with Gasteiger partial charge in [0.2, 0.25) is 0 Å². The Bertz CT molecular complexity index is 368. The molecule has 2 nitrogen and oxygen atoms in total. The summed E-state index contributed by atoms with van der Waals surface area (Å²) >= 11 is 3.11. The van der Waals surface area contributed by atoms with Crippen molar-refractivity contribution in [1.29, 1.82) is 0 Å². The highest BCUT2D eigenvalue weighted by molar-refractivity contribution is 9.10. The zero-order chi connectivity index (χ0) is 12.0. The van der Waals surface area contributed by atoms with Crippen molar-refractivity contribution in [2.45, 2.75) is 6.92 Å². The van der Waals surface area contributed by atoms with Gasteiger partial charge in [-0.2, -0.15) is 0 Å². The summed E-state index contributed by atoms with van der Waals surface area (Å²) in [5.74, 6) is 0.338. The molecule has 0 spiro atoms. The Labute approximate surface area is 104 Å². The highest BCUT2D eigenvalue weighted by Crippen LogP contribution is 2.21. The van der Waals surface area contributed by atoms with E-state index in [1.165, 1.54) is 6.07 Å². The second kappa shape index (κ2) is 6.66. The fourth-order valence-electron chi connectivity index (χ4n) is 1.10. The van der Waals surface area contributed by atoms with E-state index in [-0.39, 0.29) is 5.82 Å². The molecule has 0 radical (unpaired) electrons. The third-order valence-electron chi connectivity index (χ3n) is 1.96. The SMILES string of the molecule is C=C(CNCC)COc1ccc(F)c(Br)c1. The van der Waals surface area contributed by atoms with Crippen LogP contribution in [0.15, 0.2) is 34.8 Å². The Morgan fingerprint density at radius 3 is 2.94 bits per heavy atom. The average molecular weight is 288 g/mol. The Kier molecular flexibility index (Phi) is 5.49. The van der Waals surface area contributed by atoms with Crippen LogP contribution in [0.3, 0.4) is 0 Å². The molecule has 0 bridgehead atoms. The molecule has 0 aliphatic rings. The maximum Gasteiger partial charge on any atom is 0.137 e. The molecule has 0 atom stereocenters.